The molecule has 0 spiro atoms. The second-order valence-electron chi connectivity index (χ2n) is 6.54. The molecule has 1 saturated carbocycles. The molecule has 1 aromatic rings. The Hall–Kier alpha value is -1.33. The monoisotopic (exact) mass is 350 g/mol. The van der Waals surface area contributed by atoms with E-state index < -0.39 is 30.2 Å². The average molecular weight is 350 g/mol. The zero-order valence-corrected chi connectivity index (χ0v) is 13.8. The van der Waals surface area contributed by atoms with Crippen molar-refractivity contribution >= 4 is 0 Å². The van der Waals surface area contributed by atoms with Crippen molar-refractivity contribution in [2.75, 3.05) is 6.61 Å². The molecule has 6 heteroatoms. The summed E-state index contributed by atoms with van der Waals surface area (Å²) in [4.78, 5) is 0. The van der Waals surface area contributed by atoms with E-state index in [1.54, 1.807) is 0 Å². The summed E-state index contributed by atoms with van der Waals surface area (Å²) in [7, 11) is 0. The fourth-order valence-electron chi connectivity index (χ4n) is 3.39. The summed E-state index contributed by atoms with van der Waals surface area (Å²) in [5, 5.41) is 0. The van der Waals surface area contributed by atoms with Gasteiger partial charge in [-0.1, -0.05) is 32.3 Å². The molecule has 1 aromatic carbocycles. The number of alkyl halides is 3. The van der Waals surface area contributed by atoms with E-state index in [4.69, 9.17) is 0 Å². The second-order valence-corrected chi connectivity index (χ2v) is 6.54. The van der Waals surface area contributed by atoms with Crippen molar-refractivity contribution in [3.8, 4) is 5.75 Å². The van der Waals surface area contributed by atoms with E-state index in [0.29, 0.717) is 5.92 Å². The zero-order valence-electron chi connectivity index (χ0n) is 13.8. The molecule has 0 saturated heterocycles. The first-order valence-corrected chi connectivity index (χ1v) is 8.49. The molecule has 0 amide bonds. The summed E-state index contributed by atoms with van der Waals surface area (Å²) in [5.74, 6) is -2.53. The van der Waals surface area contributed by atoms with E-state index in [1.165, 1.54) is 18.9 Å². The number of rotatable bonds is 6. The van der Waals surface area contributed by atoms with Crippen molar-refractivity contribution in [1.82, 2.24) is 0 Å². The molecule has 0 radical (unpaired) electrons. The van der Waals surface area contributed by atoms with Crippen molar-refractivity contribution in [2.45, 2.75) is 64.0 Å². The van der Waals surface area contributed by atoms with Gasteiger partial charge in [0.25, 0.3) is 0 Å². The molecule has 1 fully saturated rings. The van der Waals surface area contributed by atoms with E-state index in [2.05, 4.69) is 11.7 Å². The van der Waals surface area contributed by atoms with Gasteiger partial charge in [-0.2, -0.15) is 17.6 Å². The van der Waals surface area contributed by atoms with Crippen LogP contribution < -0.4 is 4.74 Å². The molecule has 0 unspecified atom stereocenters. The van der Waals surface area contributed by atoms with Gasteiger partial charge in [0.05, 0.1) is 0 Å². The SMILES string of the molecule is CCCCC1CCC(c2ccc(OCC(F)(F)F)c(F)c2F)CC1. The Kier molecular flexibility index (Phi) is 6.47. The molecule has 0 heterocycles. The summed E-state index contributed by atoms with van der Waals surface area (Å²) < 4.78 is 68.9. The van der Waals surface area contributed by atoms with Crippen LogP contribution in [0.4, 0.5) is 22.0 Å². The van der Waals surface area contributed by atoms with Crippen molar-refractivity contribution in [2.24, 2.45) is 5.92 Å². The molecular weight excluding hydrogens is 327 g/mol. The maximum absolute atomic E-state index is 14.2. The number of hydrogen-bond donors (Lipinski definition) is 0. The van der Waals surface area contributed by atoms with Crippen LogP contribution >= 0.6 is 0 Å². The Morgan fingerprint density at radius 1 is 1.04 bits per heavy atom. The third-order valence-corrected chi connectivity index (χ3v) is 4.72. The van der Waals surface area contributed by atoms with Crippen LogP contribution in [0.2, 0.25) is 0 Å². The largest absolute Gasteiger partial charge is 0.481 e. The third-order valence-electron chi connectivity index (χ3n) is 4.72. The van der Waals surface area contributed by atoms with Gasteiger partial charge < -0.3 is 4.74 Å². The number of unbranched alkanes of at least 4 members (excludes halogenated alkanes) is 1. The van der Waals surface area contributed by atoms with Crippen LogP contribution in [0.1, 0.15) is 63.4 Å². The van der Waals surface area contributed by atoms with E-state index >= 15 is 0 Å². The lowest BCUT2D eigenvalue weighted by Crippen LogP contribution is -2.20. The molecule has 0 atom stereocenters. The first kappa shape index (κ1) is 19.0. The molecule has 136 valence electrons. The molecule has 0 N–H and O–H groups in total. The Balaban J connectivity index is 2.01. The first-order chi connectivity index (χ1) is 11.3. The van der Waals surface area contributed by atoms with Crippen LogP contribution in [-0.2, 0) is 0 Å². The minimum atomic E-state index is -4.58. The quantitative estimate of drug-likeness (QED) is 0.542. The van der Waals surface area contributed by atoms with E-state index in [9.17, 15) is 22.0 Å². The Morgan fingerprint density at radius 2 is 1.71 bits per heavy atom. The summed E-state index contributed by atoms with van der Waals surface area (Å²) in [6.07, 6.45) is 2.46. The summed E-state index contributed by atoms with van der Waals surface area (Å²) in [5.41, 5.74) is 0.251. The number of hydrogen-bond acceptors (Lipinski definition) is 1. The number of ether oxygens (including phenoxy) is 1. The first-order valence-electron chi connectivity index (χ1n) is 8.49. The van der Waals surface area contributed by atoms with Crippen molar-refractivity contribution in [3.63, 3.8) is 0 Å². The number of halogens is 5. The predicted molar refractivity (Wildman–Crippen MR) is 82.1 cm³/mol. The molecular formula is C18H23F5O. The molecule has 1 aliphatic carbocycles. The molecule has 24 heavy (non-hydrogen) atoms. The second kappa shape index (κ2) is 8.17. The maximum atomic E-state index is 14.2. The fourth-order valence-corrected chi connectivity index (χ4v) is 3.39. The molecule has 2 rings (SSSR count). The Labute approximate surface area is 139 Å². The third kappa shape index (κ3) is 5.08. The van der Waals surface area contributed by atoms with Crippen molar-refractivity contribution < 1.29 is 26.7 Å². The van der Waals surface area contributed by atoms with Gasteiger partial charge in [0.2, 0.25) is 5.82 Å². The van der Waals surface area contributed by atoms with Gasteiger partial charge in [0, 0.05) is 0 Å². The normalized spacial score (nSPS) is 21.8. The Morgan fingerprint density at radius 3 is 2.29 bits per heavy atom. The van der Waals surface area contributed by atoms with Crippen LogP contribution in [-0.4, -0.2) is 12.8 Å². The minimum Gasteiger partial charge on any atom is -0.481 e. The van der Waals surface area contributed by atoms with Crippen LogP contribution in [0, 0.1) is 17.6 Å². The smallest absolute Gasteiger partial charge is 0.422 e. The zero-order chi connectivity index (χ0) is 17.7. The summed E-state index contributed by atoms with van der Waals surface area (Å²) in [6.45, 7) is 0.511. The fraction of sp³-hybridized carbons (Fsp3) is 0.667. The van der Waals surface area contributed by atoms with Gasteiger partial charge in [-0.3, -0.25) is 0 Å². The van der Waals surface area contributed by atoms with E-state index in [0.717, 1.165) is 38.2 Å². The molecule has 1 nitrogen and oxygen atoms in total. The van der Waals surface area contributed by atoms with Crippen molar-refractivity contribution in [1.29, 1.82) is 0 Å². The van der Waals surface area contributed by atoms with Crippen LogP contribution in [0.15, 0.2) is 12.1 Å². The Bertz CT molecular complexity index is 533. The lowest BCUT2D eigenvalue weighted by molar-refractivity contribution is -0.153. The lowest BCUT2D eigenvalue weighted by atomic mass is 9.77. The topological polar surface area (TPSA) is 9.23 Å². The van der Waals surface area contributed by atoms with Gasteiger partial charge in [0.15, 0.2) is 18.2 Å². The highest BCUT2D eigenvalue weighted by molar-refractivity contribution is 5.33. The highest BCUT2D eigenvalue weighted by atomic mass is 19.4. The van der Waals surface area contributed by atoms with Gasteiger partial charge >= 0.3 is 6.18 Å². The molecule has 1 aliphatic rings. The van der Waals surface area contributed by atoms with Gasteiger partial charge in [-0.25, -0.2) is 4.39 Å². The molecule has 0 aliphatic heterocycles. The van der Waals surface area contributed by atoms with E-state index in [1.807, 2.05) is 0 Å². The van der Waals surface area contributed by atoms with Gasteiger partial charge in [0.1, 0.15) is 0 Å². The highest BCUT2D eigenvalue weighted by Crippen LogP contribution is 2.40. The highest BCUT2D eigenvalue weighted by Gasteiger charge is 2.30. The maximum Gasteiger partial charge on any atom is 0.422 e. The van der Waals surface area contributed by atoms with E-state index in [-0.39, 0.29) is 11.5 Å². The van der Waals surface area contributed by atoms with Gasteiger partial charge in [-0.05, 0) is 49.1 Å². The summed E-state index contributed by atoms with van der Waals surface area (Å²) in [6, 6.07) is 2.46. The summed E-state index contributed by atoms with van der Waals surface area (Å²) >= 11 is 0. The lowest BCUT2D eigenvalue weighted by Gasteiger charge is -2.29. The van der Waals surface area contributed by atoms with Crippen LogP contribution in [0.3, 0.4) is 0 Å². The molecule has 0 aromatic heterocycles. The average Bonchev–Trinajstić information content (AvgIpc) is 2.54. The predicted octanol–water partition coefficient (Wildman–Crippen LogP) is 6.37. The standard InChI is InChI=1S/C18H23F5O/c1-2-3-4-12-5-7-13(8-6-12)14-9-10-15(17(20)16(14)19)24-11-18(21,22)23/h9-10,12-13H,2-8,11H2,1H3. The van der Waals surface area contributed by atoms with Crippen LogP contribution in [0.25, 0.3) is 0 Å². The van der Waals surface area contributed by atoms with Crippen molar-refractivity contribution in [3.05, 3.63) is 29.3 Å². The molecule has 0 bridgehead atoms. The van der Waals surface area contributed by atoms with Gasteiger partial charge in [-0.15, -0.1) is 0 Å². The number of benzene rings is 1. The van der Waals surface area contributed by atoms with Crippen LogP contribution in [0.5, 0.6) is 5.75 Å². The minimum absolute atomic E-state index is 0.0750.